The first-order valence-corrected chi connectivity index (χ1v) is 9.66. The van der Waals surface area contributed by atoms with E-state index in [1.807, 2.05) is 6.92 Å². The third-order valence-corrected chi connectivity index (χ3v) is 5.28. The van der Waals surface area contributed by atoms with Crippen molar-refractivity contribution >= 4 is 41.3 Å². The van der Waals surface area contributed by atoms with Crippen LogP contribution in [0, 0.1) is 6.92 Å². The molecule has 1 saturated carbocycles. The highest BCUT2D eigenvalue weighted by atomic mass is 127. The highest BCUT2D eigenvalue weighted by molar-refractivity contribution is 14.0. The van der Waals surface area contributed by atoms with Crippen LogP contribution in [0.3, 0.4) is 0 Å². The lowest BCUT2D eigenvalue weighted by Gasteiger charge is -2.23. The van der Waals surface area contributed by atoms with Gasteiger partial charge in [0.15, 0.2) is 5.96 Å². The zero-order valence-corrected chi connectivity index (χ0v) is 17.8. The van der Waals surface area contributed by atoms with Gasteiger partial charge in [0.2, 0.25) is 0 Å². The third-order valence-electron chi connectivity index (χ3n) is 4.51. The van der Waals surface area contributed by atoms with Gasteiger partial charge in [-0.1, -0.05) is 43.5 Å². The summed E-state index contributed by atoms with van der Waals surface area (Å²) in [5.74, 6) is 0.594. The summed E-state index contributed by atoms with van der Waals surface area (Å²) in [5, 5.41) is 6.56. The fourth-order valence-corrected chi connectivity index (χ4v) is 3.77. The van der Waals surface area contributed by atoms with Crippen molar-refractivity contribution in [1.29, 1.82) is 0 Å². The van der Waals surface area contributed by atoms with E-state index in [9.17, 15) is 0 Å². The van der Waals surface area contributed by atoms with Gasteiger partial charge < -0.3 is 11.1 Å². The minimum atomic E-state index is 0. The molecule has 0 bridgehead atoms. The number of guanidine groups is 1. The van der Waals surface area contributed by atoms with Crippen LogP contribution in [0.4, 0.5) is 0 Å². The van der Waals surface area contributed by atoms with E-state index in [1.54, 1.807) is 11.3 Å². The summed E-state index contributed by atoms with van der Waals surface area (Å²) in [6.45, 7) is 2.76. The Morgan fingerprint density at radius 2 is 1.96 bits per heavy atom. The summed E-state index contributed by atoms with van der Waals surface area (Å²) in [4.78, 5) is 8.99. The van der Waals surface area contributed by atoms with Crippen molar-refractivity contribution in [2.24, 2.45) is 10.7 Å². The topological polar surface area (TPSA) is 63.3 Å². The number of hydrogen-bond donors (Lipinski definition) is 2. The number of hydrogen-bond acceptors (Lipinski definition) is 3. The molecule has 0 radical (unpaired) electrons. The zero-order valence-electron chi connectivity index (χ0n) is 14.7. The second-order valence-electron chi connectivity index (χ2n) is 6.44. The predicted octanol–water partition coefficient (Wildman–Crippen LogP) is 4.52. The van der Waals surface area contributed by atoms with E-state index in [1.165, 1.54) is 43.2 Å². The molecule has 0 spiro atoms. The summed E-state index contributed by atoms with van der Waals surface area (Å²) in [6, 6.07) is 9.10. The minimum absolute atomic E-state index is 0. The van der Waals surface area contributed by atoms with Gasteiger partial charge >= 0.3 is 0 Å². The maximum atomic E-state index is 6.00. The molecule has 0 aliphatic heterocycles. The number of nitrogens with two attached hydrogens (primary N) is 1. The molecular weight excluding hydrogens is 443 g/mol. The van der Waals surface area contributed by atoms with Crippen LogP contribution in [-0.2, 0) is 6.42 Å². The van der Waals surface area contributed by atoms with Gasteiger partial charge in [-0.15, -0.1) is 35.3 Å². The second kappa shape index (κ2) is 10.1. The Bertz CT molecular complexity index is 675. The first kappa shape index (κ1) is 20.2. The summed E-state index contributed by atoms with van der Waals surface area (Å²) >= 11 is 1.68. The molecule has 3 rings (SSSR count). The van der Waals surface area contributed by atoms with Crippen LogP contribution in [0.1, 0.15) is 42.7 Å². The molecule has 0 unspecified atom stereocenters. The Kier molecular flexibility index (Phi) is 8.15. The van der Waals surface area contributed by atoms with E-state index < -0.39 is 0 Å². The van der Waals surface area contributed by atoms with Crippen LogP contribution in [0.25, 0.3) is 11.3 Å². The molecule has 1 heterocycles. The van der Waals surface area contributed by atoms with Crippen molar-refractivity contribution in [3.63, 3.8) is 0 Å². The molecule has 0 amide bonds. The summed E-state index contributed by atoms with van der Waals surface area (Å²) in [6.07, 6.45) is 7.29. The molecule has 4 nitrogen and oxygen atoms in total. The molecule has 1 aromatic carbocycles. The van der Waals surface area contributed by atoms with Crippen LogP contribution in [-0.4, -0.2) is 23.5 Å². The van der Waals surface area contributed by atoms with Gasteiger partial charge in [-0.25, -0.2) is 4.98 Å². The maximum absolute atomic E-state index is 6.00. The normalized spacial score (nSPS) is 15.6. The van der Waals surface area contributed by atoms with Crippen LogP contribution >= 0.6 is 35.3 Å². The van der Waals surface area contributed by atoms with Crippen molar-refractivity contribution in [2.75, 3.05) is 6.54 Å². The fraction of sp³-hybridized carbons (Fsp3) is 0.474. The Hall–Kier alpha value is -1.15. The second-order valence-corrected chi connectivity index (χ2v) is 7.51. The largest absolute Gasteiger partial charge is 0.370 e. The van der Waals surface area contributed by atoms with Crippen molar-refractivity contribution < 1.29 is 0 Å². The molecule has 25 heavy (non-hydrogen) atoms. The molecule has 1 aromatic heterocycles. The molecule has 136 valence electrons. The van der Waals surface area contributed by atoms with Crippen molar-refractivity contribution in [3.8, 4) is 11.3 Å². The number of aryl methyl sites for hydroxylation is 1. The lowest BCUT2D eigenvalue weighted by molar-refractivity contribution is 0.412. The van der Waals surface area contributed by atoms with Gasteiger partial charge in [-0.3, -0.25) is 4.99 Å². The highest BCUT2D eigenvalue weighted by Gasteiger charge is 2.13. The van der Waals surface area contributed by atoms with Crippen LogP contribution in [0.5, 0.6) is 0 Å². The van der Waals surface area contributed by atoms with Gasteiger partial charge in [-0.2, -0.15) is 0 Å². The first-order valence-electron chi connectivity index (χ1n) is 8.78. The predicted molar refractivity (Wildman–Crippen MR) is 118 cm³/mol. The van der Waals surface area contributed by atoms with Crippen LogP contribution < -0.4 is 11.1 Å². The van der Waals surface area contributed by atoms with Crippen molar-refractivity contribution in [2.45, 2.75) is 51.5 Å². The van der Waals surface area contributed by atoms with E-state index in [0.29, 0.717) is 12.0 Å². The summed E-state index contributed by atoms with van der Waals surface area (Å²) < 4.78 is 0. The molecule has 0 atom stereocenters. The van der Waals surface area contributed by atoms with Gasteiger partial charge in [-0.05, 0) is 31.7 Å². The molecule has 1 aliphatic carbocycles. The van der Waals surface area contributed by atoms with E-state index in [-0.39, 0.29) is 24.0 Å². The van der Waals surface area contributed by atoms with Crippen molar-refractivity contribution in [3.05, 3.63) is 40.2 Å². The fourth-order valence-electron chi connectivity index (χ4n) is 3.15. The van der Waals surface area contributed by atoms with E-state index in [4.69, 9.17) is 5.73 Å². The number of thiazole rings is 1. The molecule has 1 aliphatic rings. The monoisotopic (exact) mass is 470 g/mol. The molecule has 0 saturated heterocycles. The van der Waals surface area contributed by atoms with Gasteiger partial charge in [0.1, 0.15) is 0 Å². The molecular formula is C19H27IN4S. The summed E-state index contributed by atoms with van der Waals surface area (Å²) in [7, 11) is 0. The molecule has 1 fully saturated rings. The minimum Gasteiger partial charge on any atom is -0.370 e. The lowest BCUT2D eigenvalue weighted by Crippen LogP contribution is -2.41. The number of aromatic nitrogens is 1. The Labute approximate surface area is 171 Å². The standard InChI is InChI=1S/C19H26N4S.HI/c1-14-22-18(13-24-14)16-9-7-15(8-10-16)11-12-21-19(20)23-17-5-3-2-4-6-17;/h7-10,13,17H,2-6,11-12H2,1H3,(H3,20,21,23);1H. The quantitative estimate of drug-likeness (QED) is 0.384. The van der Waals surface area contributed by atoms with Gasteiger partial charge in [0.25, 0.3) is 0 Å². The Balaban J connectivity index is 0.00000225. The number of aliphatic imine (C=N–C) groups is 1. The average molecular weight is 470 g/mol. The van der Waals surface area contributed by atoms with Crippen LogP contribution in [0.2, 0.25) is 0 Å². The number of benzene rings is 1. The number of nitrogens with zero attached hydrogens (tertiary/aromatic N) is 2. The zero-order chi connectivity index (χ0) is 16.8. The highest BCUT2D eigenvalue weighted by Crippen LogP contribution is 2.22. The average Bonchev–Trinajstić information content (AvgIpc) is 3.03. The number of halogens is 1. The third kappa shape index (κ3) is 6.26. The van der Waals surface area contributed by atoms with Crippen molar-refractivity contribution in [1.82, 2.24) is 10.3 Å². The first-order chi connectivity index (χ1) is 11.7. The lowest BCUT2D eigenvalue weighted by atomic mass is 9.96. The van der Waals surface area contributed by atoms with Gasteiger partial charge in [0, 0.05) is 23.5 Å². The molecule has 3 N–H and O–H groups in total. The van der Waals surface area contributed by atoms with E-state index in [2.05, 4.69) is 44.9 Å². The molecule has 2 aromatic rings. The summed E-state index contributed by atoms with van der Waals surface area (Å²) in [5.41, 5.74) is 9.51. The van der Waals surface area contributed by atoms with E-state index in [0.717, 1.165) is 23.7 Å². The molecule has 6 heteroatoms. The number of rotatable bonds is 5. The SMILES string of the molecule is Cc1nc(-c2ccc(CCN=C(N)NC3CCCCC3)cc2)cs1.I. The van der Waals surface area contributed by atoms with Gasteiger partial charge in [0.05, 0.1) is 10.7 Å². The maximum Gasteiger partial charge on any atom is 0.188 e. The van der Waals surface area contributed by atoms with E-state index >= 15 is 0 Å². The Morgan fingerprint density at radius 3 is 2.60 bits per heavy atom. The smallest absolute Gasteiger partial charge is 0.188 e. The Morgan fingerprint density at radius 1 is 1.24 bits per heavy atom. The van der Waals surface area contributed by atoms with Crippen LogP contribution in [0.15, 0.2) is 34.6 Å². The number of nitrogens with one attached hydrogen (secondary N) is 1.